The number of halogens is 4. The highest BCUT2D eigenvalue weighted by atomic mass is 32.2. The van der Waals surface area contributed by atoms with Crippen molar-refractivity contribution < 1.29 is 58.3 Å². The topological polar surface area (TPSA) is 226 Å². The normalized spacial score (nSPS) is 11.9. The highest BCUT2D eigenvalue weighted by Gasteiger charge is 2.29. The van der Waals surface area contributed by atoms with Gasteiger partial charge in [-0.05, 0) is 145 Å². The molecule has 75 heavy (non-hydrogen) atoms. The largest absolute Gasteiger partial charge is 0.481 e. The van der Waals surface area contributed by atoms with E-state index in [1.807, 2.05) is 37.1 Å². The van der Waals surface area contributed by atoms with Crippen molar-refractivity contribution in [1.29, 1.82) is 0 Å². The number of hydrogen-bond acceptors (Lipinski definition) is 12. The molecule has 5 N–H and O–H groups in total. The first-order valence-electron chi connectivity index (χ1n) is 23.3. The van der Waals surface area contributed by atoms with E-state index in [4.69, 9.17) is 15.2 Å². The first-order chi connectivity index (χ1) is 34.9. The summed E-state index contributed by atoms with van der Waals surface area (Å²) in [5.41, 5.74) is 7.88. The van der Waals surface area contributed by atoms with Gasteiger partial charge in [0.2, 0.25) is 29.5 Å². The Bertz CT molecular complexity index is 3370. The summed E-state index contributed by atoms with van der Waals surface area (Å²) in [6.45, 7) is 15.0. The van der Waals surface area contributed by atoms with Gasteiger partial charge in [-0.2, -0.15) is 0 Å². The van der Waals surface area contributed by atoms with Gasteiger partial charge in [-0.15, -0.1) is 0 Å². The van der Waals surface area contributed by atoms with Crippen LogP contribution in [0.3, 0.4) is 0 Å². The zero-order valence-electron chi connectivity index (χ0n) is 43.3. The number of carbonyl (C=O) groups is 3. The summed E-state index contributed by atoms with van der Waals surface area (Å²) in [6, 6.07) is 18.1. The number of sulfonamides is 2. The Balaban J connectivity index is 0.000000278. The van der Waals surface area contributed by atoms with E-state index < -0.39 is 76.0 Å². The van der Waals surface area contributed by atoms with Gasteiger partial charge in [-0.1, -0.05) is 39.8 Å². The maximum absolute atomic E-state index is 14.9. The third kappa shape index (κ3) is 14.8. The second kappa shape index (κ2) is 23.5. The number of benzene rings is 4. The van der Waals surface area contributed by atoms with Crippen LogP contribution >= 0.6 is 0 Å². The van der Waals surface area contributed by atoms with Gasteiger partial charge in [0.25, 0.3) is 20.0 Å². The molecule has 21 heteroatoms. The lowest BCUT2D eigenvalue weighted by atomic mass is 9.88. The van der Waals surface area contributed by atoms with Gasteiger partial charge in [0, 0.05) is 48.1 Å². The van der Waals surface area contributed by atoms with E-state index in [2.05, 4.69) is 15.3 Å². The SMILES string of the molecule is COc1cc(-c2cc(F)cc(C(C)C)c2CC(=O)NS(=O)(=O)c2ccc(C(C)(C)N)c(F)c2)ccn1.COc1cc(-c2cc(F)cc(C(C)C)c2CC(=O)NS(=O)(=O)c2ccc(C(C)(C)NC(C)=O)c(F)c2)ccn1. The third-order valence-corrected chi connectivity index (χ3v) is 14.5. The second-order valence-corrected chi connectivity index (χ2v) is 22.6. The Morgan fingerprint density at radius 1 is 0.600 bits per heavy atom. The molecule has 6 aromatic rings. The maximum Gasteiger partial charge on any atom is 0.264 e. The number of ether oxygens (including phenoxy) is 2. The number of amides is 3. The lowest BCUT2D eigenvalue weighted by Gasteiger charge is -2.27. The predicted octanol–water partition coefficient (Wildman–Crippen LogP) is 8.98. The molecule has 2 aromatic heterocycles. The molecule has 4 aromatic carbocycles. The Kier molecular flexibility index (Phi) is 18.4. The minimum Gasteiger partial charge on any atom is -0.481 e. The zero-order valence-corrected chi connectivity index (χ0v) is 44.9. The molecule has 0 unspecified atom stereocenters. The van der Waals surface area contributed by atoms with Crippen molar-refractivity contribution in [3.63, 3.8) is 0 Å². The molecule has 0 spiro atoms. The van der Waals surface area contributed by atoms with E-state index in [-0.39, 0.29) is 47.6 Å². The summed E-state index contributed by atoms with van der Waals surface area (Å²) >= 11 is 0. The van der Waals surface area contributed by atoms with Gasteiger partial charge < -0.3 is 20.5 Å². The number of nitrogens with two attached hydrogens (primary N) is 1. The van der Waals surface area contributed by atoms with Gasteiger partial charge in [0.1, 0.15) is 23.3 Å². The highest BCUT2D eigenvalue weighted by Crippen LogP contribution is 2.35. The van der Waals surface area contributed by atoms with E-state index >= 15 is 0 Å². The molecule has 3 amide bonds. The number of nitrogens with one attached hydrogen (secondary N) is 3. The molecule has 15 nitrogen and oxygen atoms in total. The van der Waals surface area contributed by atoms with E-state index in [0.717, 1.165) is 18.2 Å². The van der Waals surface area contributed by atoms with Crippen molar-refractivity contribution in [3.05, 3.63) is 154 Å². The summed E-state index contributed by atoms with van der Waals surface area (Å²) in [5.74, 6) is -4.55. The van der Waals surface area contributed by atoms with Crippen LogP contribution in [0.4, 0.5) is 17.6 Å². The lowest BCUT2D eigenvalue weighted by molar-refractivity contribution is -0.121. The average Bonchev–Trinajstić information content (AvgIpc) is 3.31. The van der Waals surface area contributed by atoms with Crippen LogP contribution in [-0.2, 0) is 58.3 Å². The zero-order chi connectivity index (χ0) is 56.0. The van der Waals surface area contributed by atoms with Crippen molar-refractivity contribution in [1.82, 2.24) is 24.7 Å². The van der Waals surface area contributed by atoms with E-state index in [9.17, 15) is 48.8 Å². The molecule has 6 rings (SSSR count). The summed E-state index contributed by atoms with van der Waals surface area (Å²) in [4.78, 5) is 44.7. The fourth-order valence-corrected chi connectivity index (χ4v) is 10.3. The molecular formula is C54H60F4N6O9S2. The monoisotopic (exact) mass is 1080 g/mol. The second-order valence-electron chi connectivity index (χ2n) is 19.2. The predicted molar refractivity (Wildman–Crippen MR) is 275 cm³/mol. The molecule has 0 radical (unpaired) electrons. The van der Waals surface area contributed by atoms with Crippen LogP contribution in [0.5, 0.6) is 11.8 Å². The van der Waals surface area contributed by atoms with Crippen LogP contribution in [0.1, 0.15) is 108 Å². The van der Waals surface area contributed by atoms with Crippen LogP contribution in [0, 0.1) is 23.3 Å². The van der Waals surface area contributed by atoms with E-state index in [0.29, 0.717) is 50.4 Å². The van der Waals surface area contributed by atoms with Gasteiger partial charge in [-0.25, -0.2) is 53.8 Å². The Hall–Kier alpha value is -7.23. The van der Waals surface area contributed by atoms with E-state index in [1.165, 1.54) is 76.0 Å². The summed E-state index contributed by atoms with van der Waals surface area (Å²) in [7, 11) is -5.94. The van der Waals surface area contributed by atoms with Crippen LogP contribution in [0.25, 0.3) is 22.3 Å². The molecule has 0 saturated carbocycles. The fourth-order valence-electron chi connectivity index (χ4n) is 8.31. The molecule has 400 valence electrons. The summed E-state index contributed by atoms with van der Waals surface area (Å²) < 4.78 is 125. The molecular weight excluding hydrogens is 1020 g/mol. The van der Waals surface area contributed by atoms with Crippen LogP contribution in [0.2, 0.25) is 0 Å². The standard InChI is InChI=1S/C28H31F2N3O5S.C26H29F2N3O4S/c1-16(2)21-12-19(29)13-22(18-9-10-31-27(11-18)38-6)23(21)15-26(35)33-39(36,37)20-7-8-24(25(30)14-20)28(4,5)32-17(3)34;1-15(2)19-11-17(27)12-20(16-8-9-30-25(10-16)35-5)21(19)14-24(32)31-36(33,34)18-6-7-22(23(28)13-18)26(3,4)29/h7-14,16H,15H2,1-6H3,(H,32,34)(H,33,35);6-13,15H,14,29H2,1-5H3,(H,31,32). The van der Waals surface area contributed by atoms with Crippen LogP contribution < -0.4 is 30.0 Å². The van der Waals surface area contributed by atoms with E-state index in [1.54, 1.807) is 52.0 Å². The van der Waals surface area contributed by atoms with Gasteiger partial charge in [-0.3, -0.25) is 14.4 Å². The first kappa shape index (κ1) is 58.7. The highest BCUT2D eigenvalue weighted by molar-refractivity contribution is 7.90. The fraction of sp³-hybridized carbons (Fsp3) is 0.315. The number of aromatic nitrogens is 2. The maximum atomic E-state index is 14.9. The van der Waals surface area contributed by atoms with Crippen LogP contribution in [-0.4, -0.2) is 58.7 Å². The number of pyridine rings is 2. The smallest absolute Gasteiger partial charge is 0.264 e. The Morgan fingerprint density at radius 2 is 0.987 bits per heavy atom. The number of carbonyl (C=O) groups excluding carboxylic acids is 3. The average molecular weight is 1080 g/mol. The number of nitrogens with zero attached hydrogens (tertiary/aromatic N) is 2. The van der Waals surface area contributed by atoms with Crippen molar-refractivity contribution in [2.24, 2.45) is 5.73 Å². The summed E-state index contributed by atoms with van der Waals surface area (Å²) in [5, 5.41) is 2.60. The molecule has 0 atom stereocenters. The number of methoxy groups -OCH3 is 2. The molecule has 0 aliphatic rings. The van der Waals surface area contributed by atoms with Gasteiger partial charge >= 0.3 is 0 Å². The van der Waals surface area contributed by atoms with Crippen molar-refractivity contribution in [3.8, 4) is 34.0 Å². The van der Waals surface area contributed by atoms with Gasteiger partial charge in [0.15, 0.2) is 0 Å². The molecule has 0 aliphatic heterocycles. The minimum atomic E-state index is -4.45. The van der Waals surface area contributed by atoms with Crippen LogP contribution in [0.15, 0.2) is 107 Å². The minimum absolute atomic E-state index is 0.0771. The first-order valence-corrected chi connectivity index (χ1v) is 26.3. The Labute approximate surface area is 434 Å². The molecule has 0 aliphatic carbocycles. The van der Waals surface area contributed by atoms with Crippen molar-refractivity contribution >= 4 is 37.8 Å². The lowest BCUT2D eigenvalue weighted by Crippen LogP contribution is -2.40. The van der Waals surface area contributed by atoms with Gasteiger partial charge in [0.05, 0.1) is 42.4 Å². The van der Waals surface area contributed by atoms with Crippen molar-refractivity contribution in [2.45, 2.75) is 108 Å². The third-order valence-electron chi connectivity index (χ3n) is 11.8. The molecule has 0 saturated heterocycles. The van der Waals surface area contributed by atoms with Crippen molar-refractivity contribution in [2.75, 3.05) is 14.2 Å². The number of hydrogen-bond donors (Lipinski definition) is 4. The quantitative estimate of drug-likeness (QED) is 0.0628. The number of rotatable bonds is 17. The Morgan fingerprint density at radius 3 is 1.32 bits per heavy atom. The molecule has 0 fully saturated rings. The molecule has 0 bridgehead atoms. The summed E-state index contributed by atoms with van der Waals surface area (Å²) in [6.07, 6.45) is 2.23. The molecule has 2 heterocycles.